The minimum Gasteiger partial charge on any atom is -0.378 e. The fraction of sp³-hybridized carbons (Fsp3) is 0.550. The predicted molar refractivity (Wildman–Crippen MR) is 95.7 cm³/mol. The fourth-order valence-corrected chi connectivity index (χ4v) is 5.07. The van der Waals surface area contributed by atoms with Crippen molar-refractivity contribution < 1.29 is 32.2 Å². The van der Waals surface area contributed by atoms with Crippen molar-refractivity contribution in [2.75, 3.05) is 12.0 Å². The number of fused-ring (bicyclic) bond motifs is 5. The Morgan fingerprint density at radius 2 is 1.86 bits per heavy atom. The molecule has 0 saturated carbocycles. The van der Waals surface area contributed by atoms with E-state index in [4.69, 9.17) is 14.7 Å². The topological polar surface area (TPSA) is 79.6 Å². The lowest BCUT2D eigenvalue weighted by Gasteiger charge is -2.34. The van der Waals surface area contributed by atoms with E-state index in [1.165, 1.54) is 19.2 Å². The molecule has 0 aliphatic carbocycles. The molecule has 0 N–H and O–H groups in total. The van der Waals surface area contributed by atoms with E-state index >= 15 is 0 Å². The van der Waals surface area contributed by atoms with Crippen LogP contribution >= 0.6 is 0 Å². The van der Waals surface area contributed by atoms with E-state index in [1.807, 2.05) is 0 Å². The molecule has 156 valence electrons. The highest BCUT2D eigenvalue weighted by Crippen LogP contribution is 2.61. The molecule has 4 rings (SSSR count). The second kappa shape index (κ2) is 6.28. The molecule has 1 aromatic rings. The summed E-state index contributed by atoms with van der Waals surface area (Å²) in [7, 11) is 1.49. The monoisotopic (exact) mass is 410 g/mol. The molecule has 9 heteroatoms. The van der Waals surface area contributed by atoms with E-state index < -0.39 is 58.3 Å². The van der Waals surface area contributed by atoms with Gasteiger partial charge in [-0.3, -0.25) is 9.59 Å². The van der Waals surface area contributed by atoms with E-state index in [9.17, 15) is 22.8 Å². The van der Waals surface area contributed by atoms with Gasteiger partial charge in [0, 0.05) is 13.5 Å². The van der Waals surface area contributed by atoms with E-state index in [-0.39, 0.29) is 13.1 Å². The zero-order valence-electron chi connectivity index (χ0n) is 15.3. The van der Waals surface area contributed by atoms with Crippen molar-refractivity contribution in [3.05, 3.63) is 29.3 Å². The van der Waals surface area contributed by atoms with Crippen LogP contribution in [-0.2, 0) is 25.2 Å². The Kier molecular flexibility index (Phi) is 4.60. The molecule has 3 heterocycles. The summed E-state index contributed by atoms with van der Waals surface area (Å²) in [6.07, 6.45) is -4.78. The largest absolute Gasteiger partial charge is 0.417 e. The maximum Gasteiger partial charge on any atom is 0.417 e. The first-order valence-corrected chi connectivity index (χ1v) is 8.70. The van der Waals surface area contributed by atoms with Crippen molar-refractivity contribution in [2.24, 2.45) is 11.8 Å². The Balaban J connectivity index is 0.00000240. The number of alkyl halides is 3. The second-order valence-electron chi connectivity index (χ2n) is 7.83. The van der Waals surface area contributed by atoms with Gasteiger partial charge >= 0.3 is 6.18 Å². The first kappa shape index (κ1) is 21.3. The van der Waals surface area contributed by atoms with Gasteiger partial charge in [-0.05, 0) is 32.0 Å². The predicted octanol–water partition coefficient (Wildman–Crippen LogP) is 3.29. The van der Waals surface area contributed by atoms with Crippen LogP contribution < -0.4 is 4.90 Å². The quantitative estimate of drug-likeness (QED) is 0.699. The number of halogens is 3. The zero-order valence-corrected chi connectivity index (χ0v) is 15.3. The van der Waals surface area contributed by atoms with Crippen LogP contribution in [0.15, 0.2) is 18.2 Å². The SMILES string of the molecule is C.CO[C@@H]1C[C@]2(C)O[C@@]1(C)[C@H]1C(=O)N(c3ccc(C#N)c(C(F)(F)F)c3)C(=O)[C@H]12. The number of hydrogen-bond donors (Lipinski definition) is 0. The van der Waals surface area contributed by atoms with E-state index in [2.05, 4.69) is 0 Å². The number of rotatable bonds is 2. The maximum absolute atomic E-state index is 13.3. The number of carbonyl (C=O) groups is 2. The Morgan fingerprint density at radius 1 is 1.24 bits per heavy atom. The van der Waals surface area contributed by atoms with Gasteiger partial charge in [0.25, 0.3) is 0 Å². The minimum atomic E-state index is -4.79. The molecule has 2 amide bonds. The highest BCUT2D eigenvalue weighted by atomic mass is 19.4. The number of nitrogens with zero attached hydrogens (tertiary/aromatic N) is 2. The summed E-state index contributed by atoms with van der Waals surface area (Å²) in [5.74, 6) is -2.83. The summed E-state index contributed by atoms with van der Waals surface area (Å²) in [6.45, 7) is 3.43. The lowest BCUT2D eigenvalue weighted by Crippen LogP contribution is -2.49. The molecule has 3 aliphatic heterocycles. The molecular formula is C20H21F3N2O4. The number of imide groups is 1. The molecule has 3 saturated heterocycles. The normalized spacial score (nSPS) is 35.5. The van der Waals surface area contributed by atoms with Gasteiger partial charge in [-0.25, -0.2) is 4.90 Å². The zero-order chi connectivity index (χ0) is 20.6. The molecule has 0 unspecified atom stereocenters. The van der Waals surface area contributed by atoms with Gasteiger partial charge in [0.2, 0.25) is 11.8 Å². The summed E-state index contributed by atoms with van der Waals surface area (Å²) in [5, 5.41) is 8.95. The molecule has 3 fully saturated rings. The van der Waals surface area contributed by atoms with Gasteiger partial charge in [0.15, 0.2) is 0 Å². The highest BCUT2D eigenvalue weighted by Gasteiger charge is 2.76. The number of benzene rings is 1. The molecule has 1 aromatic carbocycles. The molecular weight excluding hydrogens is 389 g/mol. The van der Waals surface area contributed by atoms with Gasteiger partial charge < -0.3 is 9.47 Å². The van der Waals surface area contributed by atoms with Crippen LogP contribution in [0, 0.1) is 23.2 Å². The van der Waals surface area contributed by atoms with Crippen molar-refractivity contribution in [3.63, 3.8) is 0 Å². The summed E-state index contributed by atoms with van der Waals surface area (Å²) in [5.41, 5.74) is -3.92. The van der Waals surface area contributed by atoms with Crippen molar-refractivity contribution in [2.45, 2.75) is 51.2 Å². The molecule has 3 aliphatic rings. The number of carbonyl (C=O) groups excluding carboxylic acids is 2. The van der Waals surface area contributed by atoms with Crippen LogP contribution in [0.25, 0.3) is 0 Å². The molecule has 0 spiro atoms. The number of hydrogen-bond acceptors (Lipinski definition) is 5. The fourth-order valence-electron chi connectivity index (χ4n) is 5.07. The minimum absolute atomic E-state index is 0. The number of ether oxygens (including phenoxy) is 2. The molecule has 29 heavy (non-hydrogen) atoms. The van der Waals surface area contributed by atoms with E-state index in [1.54, 1.807) is 13.8 Å². The lowest BCUT2D eigenvalue weighted by atomic mass is 9.67. The van der Waals surface area contributed by atoms with Crippen LogP contribution in [0.1, 0.15) is 38.8 Å². The lowest BCUT2D eigenvalue weighted by molar-refractivity contribution is -0.138. The van der Waals surface area contributed by atoms with Gasteiger partial charge in [-0.2, -0.15) is 18.4 Å². The number of nitriles is 1. The summed E-state index contributed by atoms with van der Waals surface area (Å²) < 4.78 is 51.4. The molecule has 0 aromatic heterocycles. The molecule has 2 bridgehead atoms. The van der Waals surface area contributed by atoms with Crippen LogP contribution in [-0.4, -0.2) is 36.2 Å². The van der Waals surface area contributed by atoms with Gasteiger partial charge in [-0.1, -0.05) is 7.43 Å². The van der Waals surface area contributed by atoms with Crippen molar-refractivity contribution in [1.82, 2.24) is 0 Å². The van der Waals surface area contributed by atoms with E-state index in [0.717, 1.165) is 11.0 Å². The van der Waals surface area contributed by atoms with Gasteiger partial charge in [0.1, 0.15) is 5.60 Å². The maximum atomic E-state index is 13.3. The van der Waals surface area contributed by atoms with E-state index in [0.29, 0.717) is 12.5 Å². The Bertz CT molecular complexity index is 941. The average Bonchev–Trinajstić information content (AvgIpc) is 3.14. The number of anilines is 1. The smallest absolute Gasteiger partial charge is 0.378 e. The van der Waals surface area contributed by atoms with Gasteiger partial charge in [0.05, 0.1) is 46.4 Å². The van der Waals surface area contributed by atoms with Crippen LogP contribution in [0.3, 0.4) is 0 Å². The van der Waals surface area contributed by atoms with Crippen molar-refractivity contribution in [3.8, 4) is 6.07 Å². The molecule has 0 radical (unpaired) electrons. The van der Waals surface area contributed by atoms with Crippen LogP contribution in [0.5, 0.6) is 0 Å². The number of methoxy groups -OCH3 is 1. The Morgan fingerprint density at radius 3 is 2.41 bits per heavy atom. The summed E-state index contributed by atoms with van der Waals surface area (Å²) in [4.78, 5) is 27.0. The number of amides is 2. The Labute approximate surface area is 166 Å². The van der Waals surface area contributed by atoms with Crippen molar-refractivity contribution in [1.29, 1.82) is 5.26 Å². The molecule has 6 nitrogen and oxygen atoms in total. The van der Waals surface area contributed by atoms with Crippen molar-refractivity contribution >= 4 is 17.5 Å². The van der Waals surface area contributed by atoms with Crippen LogP contribution in [0.2, 0.25) is 0 Å². The standard InChI is InChI=1S/C19H17F3N2O4.CH4/c1-17-7-12(27-3)18(2,28-17)14-13(17)15(25)24(16(14)26)10-5-4-9(8-23)11(6-10)19(20,21)22;/h4-6,12-14H,7H2,1-3H3;1H4/t12-,13+,14-,17+,18-;/m1./s1. The third-order valence-electron chi connectivity index (χ3n) is 6.24. The highest BCUT2D eigenvalue weighted by molar-refractivity contribution is 6.23. The third-order valence-corrected chi connectivity index (χ3v) is 6.24. The summed E-state index contributed by atoms with van der Waals surface area (Å²) in [6, 6.07) is 4.32. The first-order chi connectivity index (χ1) is 13.0. The second-order valence-corrected chi connectivity index (χ2v) is 7.83. The third kappa shape index (κ3) is 2.62. The van der Waals surface area contributed by atoms with Crippen LogP contribution in [0.4, 0.5) is 18.9 Å². The molecule has 5 atom stereocenters. The average molecular weight is 410 g/mol. The Hall–Kier alpha value is -2.44. The first-order valence-electron chi connectivity index (χ1n) is 8.70. The van der Waals surface area contributed by atoms with Gasteiger partial charge in [-0.15, -0.1) is 0 Å². The summed E-state index contributed by atoms with van der Waals surface area (Å²) >= 11 is 0.